The highest BCUT2D eigenvalue weighted by Crippen LogP contribution is 2.72. The van der Waals surface area contributed by atoms with Crippen LogP contribution in [0.4, 0.5) is 4.39 Å². The number of hydrogen-bond acceptors (Lipinski definition) is 8. The fourth-order valence-corrected chi connectivity index (χ4v) is 13.5. The van der Waals surface area contributed by atoms with Crippen molar-refractivity contribution >= 4 is 44.7 Å². The number of fused-ring (bicyclic) bond motifs is 5. The highest BCUT2D eigenvalue weighted by atomic mass is 28.4. The van der Waals surface area contributed by atoms with Gasteiger partial charge in [-0.25, -0.2) is 4.39 Å². The number of hydrogen-bond donors (Lipinski definition) is 0. The number of halogens is 1. The lowest BCUT2D eigenvalue weighted by Crippen LogP contribution is -2.72. The summed E-state index contributed by atoms with van der Waals surface area (Å²) in [6.45, 7) is 31.1. The molecule has 0 amide bonds. The number of allylic oxidation sites excluding steroid dienone is 4. The first kappa shape index (κ1) is 39.8. The van der Waals surface area contributed by atoms with Crippen LogP contribution in [0.15, 0.2) is 34.1 Å². The zero-order valence-electron chi connectivity index (χ0n) is 32.8. The highest BCUT2D eigenvalue weighted by Gasteiger charge is 2.78. The van der Waals surface area contributed by atoms with Gasteiger partial charge < -0.3 is 27.4 Å². The van der Waals surface area contributed by atoms with Gasteiger partial charge in [0.15, 0.2) is 38.9 Å². The Labute approximate surface area is 294 Å². The van der Waals surface area contributed by atoms with Gasteiger partial charge in [0, 0.05) is 16.7 Å². The van der Waals surface area contributed by atoms with Gasteiger partial charge in [0.25, 0.3) is 0 Å². The molecule has 5 unspecified atom stereocenters. The van der Waals surface area contributed by atoms with Gasteiger partial charge in [-0.3, -0.25) is 0 Å². The third-order valence-corrected chi connectivity index (χ3v) is 14.6. The summed E-state index contributed by atoms with van der Waals surface area (Å²) in [6, 6.07) is 0. The molecular formula is C35H65FN2O6Si4. The van der Waals surface area contributed by atoms with Crippen molar-refractivity contribution in [3.8, 4) is 0 Å². The smallest absolute Gasteiger partial charge is 0.185 e. The Morgan fingerprint density at radius 1 is 0.833 bits per heavy atom. The molecule has 4 rings (SSSR count). The maximum Gasteiger partial charge on any atom is 0.185 e. The molecular weight excluding hydrogens is 676 g/mol. The molecule has 0 saturated heterocycles. The van der Waals surface area contributed by atoms with Gasteiger partial charge >= 0.3 is 0 Å². The lowest BCUT2D eigenvalue weighted by Gasteiger charge is -2.65. The van der Waals surface area contributed by atoms with E-state index < -0.39 is 61.5 Å². The van der Waals surface area contributed by atoms with Crippen molar-refractivity contribution in [2.24, 2.45) is 33.0 Å². The Kier molecular flexibility index (Phi) is 11.0. The average molecular weight is 741 g/mol. The van der Waals surface area contributed by atoms with Crippen LogP contribution in [0.5, 0.6) is 0 Å². The molecule has 0 aromatic heterocycles. The highest BCUT2D eigenvalue weighted by molar-refractivity contribution is 6.71. The van der Waals surface area contributed by atoms with E-state index in [1.807, 2.05) is 18.2 Å². The van der Waals surface area contributed by atoms with Gasteiger partial charge in [-0.2, -0.15) is 0 Å². The van der Waals surface area contributed by atoms with E-state index in [1.54, 1.807) is 14.2 Å². The molecule has 0 aromatic carbocycles. The Bertz CT molecular complexity index is 1330. The monoisotopic (exact) mass is 740 g/mol. The Morgan fingerprint density at radius 2 is 1.44 bits per heavy atom. The normalized spacial score (nSPS) is 38.3. The van der Waals surface area contributed by atoms with E-state index >= 15 is 4.39 Å². The molecule has 3 fully saturated rings. The standard InChI is InChI=1S/C35H65FN2O6Si4/c1-32-20-19-26(37-39-3)21-25(32)17-18-27-28-22-30(42-46(8,9)10)35(44-48(14,15)16,29(38-40-4)24-41-45(5,6)7)33(28,2)23-31(34(27,32)36)43-47(11,12)13/h19-21,27-28,30-31H,17-18,22-24H2,1-16H3/t27?,28?,30-,31?,32?,33?,34+,35-/m1/s1. The second-order valence-corrected chi connectivity index (χ2v) is 36.7. The molecule has 0 aliphatic heterocycles. The van der Waals surface area contributed by atoms with Crippen LogP contribution in [-0.2, 0) is 27.4 Å². The minimum atomic E-state index is -2.31. The van der Waals surface area contributed by atoms with Gasteiger partial charge in [0.1, 0.15) is 31.2 Å². The van der Waals surface area contributed by atoms with Crippen molar-refractivity contribution in [3.63, 3.8) is 0 Å². The second kappa shape index (κ2) is 13.2. The summed E-state index contributed by atoms with van der Waals surface area (Å²) in [5.41, 5.74) is -1.61. The first-order valence-corrected chi connectivity index (χ1v) is 31.4. The van der Waals surface area contributed by atoms with Gasteiger partial charge in [-0.1, -0.05) is 28.9 Å². The first-order valence-electron chi connectivity index (χ1n) is 17.8. The molecule has 4 aliphatic carbocycles. The molecule has 3 saturated carbocycles. The van der Waals surface area contributed by atoms with Crippen LogP contribution < -0.4 is 0 Å². The fraction of sp³-hybridized carbons (Fsp3) is 0.829. The largest absolute Gasteiger partial charge is 0.412 e. The van der Waals surface area contributed by atoms with E-state index in [0.717, 1.165) is 17.7 Å². The molecule has 0 bridgehead atoms. The van der Waals surface area contributed by atoms with E-state index in [0.29, 0.717) is 25.0 Å². The van der Waals surface area contributed by atoms with Gasteiger partial charge in [-0.15, -0.1) is 0 Å². The number of nitrogens with zero attached hydrogens (tertiary/aromatic N) is 2. The van der Waals surface area contributed by atoms with Crippen molar-refractivity contribution in [1.29, 1.82) is 0 Å². The molecule has 0 N–H and O–H groups in total. The van der Waals surface area contributed by atoms with Crippen LogP contribution in [0.3, 0.4) is 0 Å². The molecule has 0 radical (unpaired) electrons. The van der Waals surface area contributed by atoms with Crippen LogP contribution >= 0.6 is 0 Å². The molecule has 8 nitrogen and oxygen atoms in total. The third-order valence-electron chi connectivity index (χ3n) is 10.7. The van der Waals surface area contributed by atoms with Crippen LogP contribution in [0.1, 0.15) is 39.5 Å². The minimum absolute atomic E-state index is 0.0589. The predicted molar refractivity (Wildman–Crippen MR) is 205 cm³/mol. The molecule has 4 aliphatic rings. The average Bonchev–Trinajstić information content (AvgIpc) is 3.11. The molecule has 13 heteroatoms. The second-order valence-electron chi connectivity index (χ2n) is 18.8. The summed E-state index contributed by atoms with van der Waals surface area (Å²) in [4.78, 5) is 10.8. The number of alkyl halides is 1. The summed E-state index contributed by atoms with van der Waals surface area (Å²) in [5.74, 6) is -0.358. The zero-order valence-corrected chi connectivity index (χ0v) is 36.8. The fourth-order valence-electron chi connectivity index (χ4n) is 9.27. The van der Waals surface area contributed by atoms with Gasteiger partial charge in [0.05, 0.1) is 18.8 Å². The van der Waals surface area contributed by atoms with E-state index in [-0.39, 0.29) is 24.5 Å². The lowest BCUT2D eigenvalue weighted by molar-refractivity contribution is -0.202. The Balaban J connectivity index is 2.03. The number of oxime groups is 2. The SMILES string of the molecule is CON=C1C=CC2(C)C(=C1)CCC1C3C[C@@H](O[Si](C)(C)C)[C@](O[Si](C)(C)C)(C(CO[Si](C)(C)C)=NOC)C3(C)CC(O[Si](C)(C)C)[C@@]12F. The van der Waals surface area contributed by atoms with Crippen molar-refractivity contribution < 1.29 is 31.8 Å². The predicted octanol–water partition coefficient (Wildman–Crippen LogP) is 8.92. The van der Waals surface area contributed by atoms with E-state index in [9.17, 15) is 0 Å². The molecule has 274 valence electrons. The Hall–Kier alpha value is -0.942. The molecule has 48 heavy (non-hydrogen) atoms. The maximum atomic E-state index is 19.2. The third kappa shape index (κ3) is 7.35. The van der Waals surface area contributed by atoms with E-state index in [1.165, 1.54) is 0 Å². The maximum absolute atomic E-state index is 19.2. The topological polar surface area (TPSA) is 80.1 Å². The van der Waals surface area contributed by atoms with Crippen LogP contribution in [0.25, 0.3) is 0 Å². The van der Waals surface area contributed by atoms with Crippen LogP contribution in [0, 0.1) is 22.7 Å². The van der Waals surface area contributed by atoms with Crippen molar-refractivity contribution in [2.45, 2.75) is 142 Å². The van der Waals surface area contributed by atoms with Gasteiger partial charge in [-0.05, 0) is 129 Å². The molecule has 0 spiro atoms. The summed E-state index contributed by atoms with van der Waals surface area (Å²) >= 11 is 0. The van der Waals surface area contributed by atoms with Crippen LogP contribution in [0.2, 0.25) is 78.6 Å². The quantitative estimate of drug-likeness (QED) is 0.113. The zero-order chi connectivity index (χ0) is 36.4. The van der Waals surface area contributed by atoms with Crippen molar-refractivity contribution in [3.05, 3.63) is 23.8 Å². The van der Waals surface area contributed by atoms with Crippen molar-refractivity contribution in [2.75, 3.05) is 20.8 Å². The summed E-state index contributed by atoms with van der Waals surface area (Å²) < 4.78 is 47.7. The Morgan fingerprint density at radius 3 is 1.96 bits per heavy atom. The van der Waals surface area contributed by atoms with Crippen LogP contribution in [-0.4, -0.2) is 89.0 Å². The summed E-state index contributed by atoms with van der Waals surface area (Å²) in [6.07, 6.45) is 7.57. The molecule has 0 aromatic rings. The lowest BCUT2D eigenvalue weighted by atomic mass is 9.44. The molecule has 0 heterocycles. The minimum Gasteiger partial charge on any atom is -0.412 e. The first-order chi connectivity index (χ1) is 21.8. The van der Waals surface area contributed by atoms with E-state index in [2.05, 4.69) is 97.6 Å². The van der Waals surface area contributed by atoms with E-state index in [4.69, 9.17) is 32.5 Å². The molecule has 8 atom stereocenters. The van der Waals surface area contributed by atoms with Crippen molar-refractivity contribution in [1.82, 2.24) is 0 Å². The summed E-state index contributed by atoms with van der Waals surface area (Å²) in [7, 11) is -5.54. The summed E-state index contributed by atoms with van der Waals surface area (Å²) in [5, 5.41) is 8.97. The van der Waals surface area contributed by atoms with Gasteiger partial charge in [0.2, 0.25) is 0 Å². The number of rotatable bonds is 12.